The number of carbonyl (C=O) groups excluding carboxylic acids is 1. The lowest BCUT2D eigenvalue weighted by atomic mass is 9.98. The molecule has 0 saturated carbocycles. The van der Waals surface area contributed by atoms with Crippen LogP contribution in [0.25, 0.3) is 11.1 Å². The molecule has 0 aliphatic carbocycles. The third-order valence-corrected chi connectivity index (χ3v) is 5.54. The number of hydrazine groups is 1. The fourth-order valence-corrected chi connectivity index (χ4v) is 4.12. The molecular weight excluding hydrogens is 422 g/mol. The number of carbonyl (C=O) groups is 1. The van der Waals surface area contributed by atoms with E-state index in [1.165, 1.54) is 6.33 Å². The molecule has 0 aliphatic rings. The molecule has 0 aliphatic heterocycles. The summed E-state index contributed by atoms with van der Waals surface area (Å²) in [5, 5.41) is 6.96. The monoisotopic (exact) mass is 449 g/mol. The van der Waals surface area contributed by atoms with Crippen LogP contribution in [0.3, 0.4) is 0 Å². The molecule has 32 heavy (non-hydrogen) atoms. The first kappa shape index (κ1) is 23.2. The maximum absolute atomic E-state index is 12.8. The number of rotatable bonds is 7. The van der Waals surface area contributed by atoms with Gasteiger partial charge >= 0.3 is 0 Å². The molecule has 1 aromatic heterocycles. The first-order chi connectivity index (χ1) is 15.3. The Balaban J connectivity index is 1.99. The van der Waals surface area contributed by atoms with Crippen LogP contribution in [0.4, 0.5) is 5.69 Å². The Labute approximate surface area is 191 Å². The molecule has 8 nitrogen and oxygen atoms in total. The van der Waals surface area contributed by atoms with Crippen molar-refractivity contribution in [1.29, 1.82) is 0 Å². The van der Waals surface area contributed by atoms with Gasteiger partial charge in [-0.2, -0.15) is 0 Å². The Kier molecular flexibility index (Phi) is 7.45. The van der Waals surface area contributed by atoms with Gasteiger partial charge in [0, 0.05) is 27.6 Å². The zero-order valence-electron chi connectivity index (χ0n) is 18.3. The van der Waals surface area contributed by atoms with Gasteiger partial charge in [0.15, 0.2) is 5.84 Å². The van der Waals surface area contributed by atoms with Crippen molar-refractivity contribution in [2.75, 3.05) is 5.32 Å². The average Bonchev–Trinajstić information content (AvgIpc) is 2.75. The number of hydrogen-bond donors (Lipinski definition) is 4. The van der Waals surface area contributed by atoms with Crippen LogP contribution < -0.4 is 22.4 Å². The first-order valence-electron chi connectivity index (χ1n) is 10.0. The van der Waals surface area contributed by atoms with Gasteiger partial charge < -0.3 is 11.1 Å². The van der Waals surface area contributed by atoms with Gasteiger partial charge in [0.1, 0.15) is 6.33 Å². The van der Waals surface area contributed by atoms with Gasteiger partial charge in [0.25, 0.3) is 0 Å². The minimum Gasteiger partial charge on any atom is -0.382 e. The Bertz CT molecular complexity index is 1110. The molecule has 0 unspecified atom stereocenters. The molecule has 2 aromatic carbocycles. The summed E-state index contributed by atoms with van der Waals surface area (Å²) in [6.45, 7) is 6.39. The molecule has 0 atom stereocenters. The summed E-state index contributed by atoms with van der Waals surface area (Å²) in [5.74, 6) is 5.43. The highest BCUT2D eigenvalue weighted by molar-refractivity contribution is 8.00. The first-order valence-corrected chi connectivity index (χ1v) is 10.8. The second-order valence-electron chi connectivity index (χ2n) is 8.07. The molecule has 166 valence electrons. The number of nitrogens with zero attached hydrogens (tertiary/aromatic N) is 3. The van der Waals surface area contributed by atoms with Gasteiger partial charge in [-0.15, -0.1) is 16.9 Å². The lowest BCUT2D eigenvalue weighted by Gasteiger charge is -2.21. The number of benzene rings is 2. The maximum Gasteiger partial charge on any atom is 0.228 e. The van der Waals surface area contributed by atoms with Crippen LogP contribution in [0.15, 0.2) is 71.2 Å². The van der Waals surface area contributed by atoms with Crippen molar-refractivity contribution in [3.8, 4) is 11.1 Å². The highest BCUT2D eigenvalue weighted by Crippen LogP contribution is 2.39. The number of hydrogen-bond acceptors (Lipinski definition) is 7. The summed E-state index contributed by atoms with van der Waals surface area (Å²) in [6.07, 6.45) is 4.90. The van der Waals surface area contributed by atoms with Gasteiger partial charge in [-0.05, 0) is 28.8 Å². The third kappa shape index (κ3) is 6.29. The molecule has 1 amide bonds. The van der Waals surface area contributed by atoms with Crippen LogP contribution in [0.2, 0.25) is 0 Å². The predicted molar refractivity (Wildman–Crippen MR) is 130 cm³/mol. The second-order valence-corrected chi connectivity index (χ2v) is 9.94. The van der Waals surface area contributed by atoms with Crippen molar-refractivity contribution < 1.29 is 4.79 Å². The topological polar surface area (TPSA) is 131 Å². The lowest BCUT2D eigenvalue weighted by Crippen LogP contribution is -2.23. The highest BCUT2D eigenvalue weighted by Gasteiger charge is 2.18. The average molecular weight is 450 g/mol. The van der Waals surface area contributed by atoms with Crippen LogP contribution in [-0.2, 0) is 11.2 Å². The standard InChI is InChI=1S/C23H27N7OS/c1-23(2,3)32-20-9-8-16(17-6-4-5-7-18(17)22(24)29-30-25)11-19(20)28-21(31)10-15-12-26-14-27-13-15/h4-9,11-14,30H,10,25H2,1-3H3,(H2,24,29)(H,28,31). The Morgan fingerprint density at radius 1 is 1.12 bits per heavy atom. The van der Waals surface area contributed by atoms with Crippen molar-refractivity contribution in [2.24, 2.45) is 16.7 Å². The van der Waals surface area contributed by atoms with E-state index in [2.05, 4.69) is 46.7 Å². The SMILES string of the molecule is CC(C)(C)Sc1ccc(-c2ccccc2/C(N)=N/NN)cc1NC(=O)Cc1cncnc1. The summed E-state index contributed by atoms with van der Waals surface area (Å²) in [5.41, 5.74) is 12.3. The molecule has 0 bridgehead atoms. The molecule has 1 heterocycles. The number of anilines is 1. The number of nitrogens with two attached hydrogens (primary N) is 2. The number of hydrazone groups is 1. The van der Waals surface area contributed by atoms with E-state index in [0.717, 1.165) is 32.8 Å². The molecule has 0 fully saturated rings. The zero-order chi connectivity index (χ0) is 23.1. The summed E-state index contributed by atoms with van der Waals surface area (Å²) in [4.78, 5) is 21.7. The van der Waals surface area contributed by atoms with Crippen molar-refractivity contribution >= 4 is 29.2 Å². The van der Waals surface area contributed by atoms with E-state index in [0.29, 0.717) is 0 Å². The molecule has 6 N–H and O–H groups in total. The Morgan fingerprint density at radius 2 is 1.84 bits per heavy atom. The van der Waals surface area contributed by atoms with Crippen molar-refractivity contribution in [2.45, 2.75) is 36.8 Å². The molecule has 3 rings (SSSR count). The van der Waals surface area contributed by atoms with E-state index in [4.69, 9.17) is 11.6 Å². The zero-order valence-corrected chi connectivity index (χ0v) is 19.1. The highest BCUT2D eigenvalue weighted by atomic mass is 32.2. The van der Waals surface area contributed by atoms with Gasteiger partial charge in [0.05, 0.1) is 12.1 Å². The van der Waals surface area contributed by atoms with Gasteiger partial charge in [-0.25, -0.2) is 21.3 Å². The Hall–Kier alpha value is -3.43. The lowest BCUT2D eigenvalue weighted by molar-refractivity contribution is -0.115. The predicted octanol–water partition coefficient (Wildman–Crippen LogP) is 3.30. The van der Waals surface area contributed by atoms with Crippen LogP contribution in [-0.4, -0.2) is 26.5 Å². The summed E-state index contributed by atoms with van der Waals surface area (Å²) in [6, 6.07) is 13.6. The minimum atomic E-state index is -0.144. The number of amidine groups is 1. The van der Waals surface area contributed by atoms with Crippen molar-refractivity contribution in [3.63, 3.8) is 0 Å². The van der Waals surface area contributed by atoms with Gasteiger partial charge in [-0.1, -0.05) is 51.1 Å². The van der Waals surface area contributed by atoms with E-state index < -0.39 is 0 Å². The second kappa shape index (κ2) is 10.3. The maximum atomic E-state index is 12.8. The van der Waals surface area contributed by atoms with Crippen molar-refractivity contribution in [3.05, 3.63) is 72.3 Å². The van der Waals surface area contributed by atoms with Crippen LogP contribution >= 0.6 is 11.8 Å². The number of aromatic nitrogens is 2. The fourth-order valence-electron chi connectivity index (χ4n) is 3.10. The van der Waals surface area contributed by atoms with E-state index >= 15 is 0 Å². The summed E-state index contributed by atoms with van der Waals surface area (Å²) < 4.78 is -0.0317. The van der Waals surface area contributed by atoms with Crippen molar-refractivity contribution in [1.82, 2.24) is 15.5 Å². The van der Waals surface area contributed by atoms with Crippen LogP contribution in [0.5, 0.6) is 0 Å². The Morgan fingerprint density at radius 3 is 2.53 bits per heavy atom. The molecule has 0 radical (unpaired) electrons. The largest absolute Gasteiger partial charge is 0.382 e. The molecule has 3 aromatic rings. The van der Waals surface area contributed by atoms with E-state index in [9.17, 15) is 4.79 Å². The van der Waals surface area contributed by atoms with E-state index in [1.807, 2.05) is 42.5 Å². The smallest absolute Gasteiger partial charge is 0.228 e. The minimum absolute atomic E-state index is 0.0317. The van der Waals surface area contributed by atoms with Crippen LogP contribution in [0, 0.1) is 0 Å². The molecule has 9 heteroatoms. The number of amides is 1. The van der Waals surface area contributed by atoms with Gasteiger partial charge in [0.2, 0.25) is 5.91 Å². The summed E-state index contributed by atoms with van der Waals surface area (Å²) >= 11 is 1.68. The van der Waals surface area contributed by atoms with E-state index in [1.54, 1.807) is 24.2 Å². The van der Waals surface area contributed by atoms with Gasteiger partial charge in [-0.3, -0.25) is 4.79 Å². The normalized spacial score (nSPS) is 11.8. The molecule has 0 spiro atoms. The third-order valence-electron chi connectivity index (χ3n) is 4.35. The number of thioether (sulfide) groups is 1. The molecule has 0 saturated heterocycles. The quantitative estimate of drug-likeness (QED) is 0.143. The summed E-state index contributed by atoms with van der Waals surface area (Å²) in [7, 11) is 0. The fraction of sp³-hybridized carbons (Fsp3) is 0.217. The van der Waals surface area contributed by atoms with Crippen LogP contribution in [0.1, 0.15) is 31.9 Å². The number of nitrogens with one attached hydrogen (secondary N) is 2. The van der Waals surface area contributed by atoms with E-state index in [-0.39, 0.29) is 22.9 Å². The molecular formula is C23H27N7OS.